The fourth-order valence-electron chi connectivity index (χ4n) is 1.70. The van der Waals surface area contributed by atoms with Crippen molar-refractivity contribution in [3.63, 3.8) is 0 Å². The second kappa shape index (κ2) is 6.45. The number of nitrogens with one attached hydrogen (secondary N) is 1. The highest BCUT2D eigenvalue weighted by Crippen LogP contribution is 2.23. The molecule has 0 bridgehead atoms. The standard InChI is InChI=1S/C12H18Cl2N2/c1-8(15)5-10(16-2)6-9-3-4-11(13)12(14)7-9/h3-4,7-8,10,16H,5-6,15H2,1-2H3. The molecule has 0 aliphatic carbocycles. The van der Waals surface area contributed by atoms with Gasteiger partial charge in [-0.25, -0.2) is 0 Å². The maximum absolute atomic E-state index is 5.97. The summed E-state index contributed by atoms with van der Waals surface area (Å²) in [6.45, 7) is 2.01. The van der Waals surface area contributed by atoms with Crippen molar-refractivity contribution < 1.29 is 0 Å². The van der Waals surface area contributed by atoms with Crippen LogP contribution in [0.25, 0.3) is 0 Å². The van der Waals surface area contributed by atoms with Gasteiger partial charge in [0.25, 0.3) is 0 Å². The van der Waals surface area contributed by atoms with Crippen molar-refractivity contribution >= 4 is 23.2 Å². The Morgan fingerprint density at radius 2 is 2.00 bits per heavy atom. The highest BCUT2D eigenvalue weighted by Gasteiger charge is 2.10. The van der Waals surface area contributed by atoms with Gasteiger partial charge in [0, 0.05) is 12.1 Å². The molecule has 1 aromatic carbocycles. The molecule has 0 saturated carbocycles. The van der Waals surface area contributed by atoms with Gasteiger partial charge in [0.1, 0.15) is 0 Å². The third-order valence-corrected chi connectivity index (χ3v) is 3.27. The van der Waals surface area contributed by atoms with Gasteiger partial charge in [0.05, 0.1) is 10.0 Å². The average Bonchev–Trinajstić information content (AvgIpc) is 2.22. The van der Waals surface area contributed by atoms with Crippen LogP contribution in [0.3, 0.4) is 0 Å². The predicted molar refractivity (Wildman–Crippen MR) is 71.3 cm³/mol. The summed E-state index contributed by atoms with van der Waals surface area (Å²) in [5, 5.41) is 4.46. The van der Waals surface area contributed by atoms with E-state index in [-0.39, 0.29) is 6.04 Å². The van der Waals surface area contributed by atoms with Crippen molar-refractivity contribution in [1.29, 1.82) is 0 Å². The number of halogens is 2. The monoisotopic (exact) mass is 260 g/mol. The van der Waals surface area contributed by atoms with Gasteiger partial charge in [0.15, 0.2) is 0 Å². The number of nitrogens with two attached hydrogens (primary N) is 1. The van der Waals surface area contributed by atoms with Crippen LogP contribution in [0, 0.1) is 0 Å². The van der Waals surface area contributed by atoms with Crippen LogP contribution < -0.4 is 11.1 Å². The maximum Gasteiger partial charge on any atom is 0.0595 e. The number of likely N-dealkylation sites (N-methyl/N-ethyl adjacent to an activating group) is 1. The second-order valence-corrected chi connectivity index (χ2v) is 4.97. The van der Waals surface area contributed by atoms with E-state index in [4.69, 9.17) is 28.9 Å². The molecule has 0 saturated heterocycles. The minimum atomic E-state index is 0.195. The topological polar surface area (TPSA) is 38.0 Å². The van der Waals surface area contributed by atoms with Gasteiger partial charge in [-0.1, -0.05) is 29.3 Å². The van der Waals surface area contributed by atoms with E-state index in [1.807, 2.05) is 32.2 Å². The van der Waals surface area contributed by atoms with Crippen LogP contribution in [0.15, 0.2) is 18.2 Å². The zero-order chi connectivity index (χ0) is 12.1. The first-order valence-electron chi connectivity index (χ1n) is 5.39. The summed E-state index contributed by atoms with van der Waals surface area (Å²) < 4.78 is 0. The third kappa shape index (κ3) is 4.30. The molecule has 0 aliphatic heterocycles. The molecule has 0 spiro atoms. The lowest BCUT2D eigenvalue weighted by Gasteiger charge is -2.18. The van der Waals surface area contributed by atoms with E-state index in [0.717, 1.165) is 12.8 Å². The Bertz CT molecular complexity index is 340. The lowest BCUT2D eigenvalue weighted by atomic mass is 10.0. The molecule has 4 heteroatoms. The molecule has 0 amide bonds. The van der Waals surface area contributed by atoms with Gasteiger partial charge in [-0.15, -0.1) is 0 Å². The fourth-order valence-corrected chi connectivity index (χ4v) is 2.02. The molecule has 0 fully saturated rings. The molecule has 0 radical (unpaired) electrons. The summed E-state index contributed by atoms with van der Waals surface area (Å²) in [6.07, 6.45) is 1.85. The average molecular weight is 261 g/mol. The smallest absolute Gasteiger partial charge is 0.0595 e. The first-order valence-corrected chi connectivity index (χ1v) is 6.15. The van der Waals surface area contributed by atoms with Crippen molar-refractivity contribution in [2.24, 2.45) is 5.73 Å². The van der Waals surface area contributed by atoms with E-state index in [2.05, 4.69) is 5.32 Å². The van der Waals surface area contributed by atoms with Crippen molar-refractivity contribution in [3.8, 4) is 0 Å². The maximum atomic E-state index is 5.97. The van der Waals surface area contributed by atoms with E-state index in [1.54, 1.807) is 0 Å². The summed E-state index contributed by atoms with van der Waals surface area (Å²) in [7, 11) is 1.95. The summed E-state index contributed by atoms with van der Waals surface area (Å²) in [4.78, 5) is 0. The van der Waals surface area contributed by atoms with Crippen LogP contribution in [0.5, 0.6) is 0 Å². The molecular weight excluding hydrogens is 243 g/mol. The van der Waals surface area contributed by atoms with Crippen LogP contribution in [0.1, 0.15) is 18.9 Å². The largest absolute Gasteiger partial charge is 0.328 e. The van der Waals surface area contributed by atoms with Gasteiger partial charge >= 0.3 is 0 Å². The second-order valence-electron chi connectivity index (χ2n) is 4.15. The Morgan fingerprint density at radius 1 is 1.31 bits per heavy atom. The Hall–Kier alpha value is -0.280. The van der Waals surface area contributed by atoms with E-state index in [0.29, 0.717) is 16.1 Å². The minimum absolute atomic E-state index is 0.195. The van der Waals surface area contributed by atoms with Crippen LogP contribution in [0.2, 0.25) is 10.0 Å². The van der Waals surface area contributed by atoms with E-state index in [1.165, 1.54) is 5.56 Å². The molecule has 2 atom stereocenters. The van der Waals surface area contributed by atoms with Gasteiger partial charge in [-0.3, -0.25) is 0 Å². The molecule has 0 aliphatic rings. The van der Waals surface area contributed by atoms with E-state index in [9.17, 15) is 0 Å². The van der Waals surface area contributed by atoms with Gasteiger partial charge in [-0.2, -0.15) is 0 Å². The lowest BCUT2D eigenvalue weighted by molar-refractivity contribution is 0.478. The van der Waals surface area contributed by atoms with Crippen molar-refractivity contribution in [1.82, 2.24) is 5.32 Å². The van der Waals surface area contributed by atoms with Gasteiger partial charge < -0.3 is 11.1 Å². The molecule has 16 heavy (non-hydrogen) atoms. The Kier molecular flexibility index (Phi) is 5.56. The molecular formula is C12H18Cl2N2. The molecule has 0 heterocycles. The molecule has 1 aromatic rings. The highest BCUT2D eigenvalue weighted by molar-refractivity contribution is 6.42. The summed E-state index contributed by atoms with van der Waals surface area (Å²) in [5.41, 5.74) is 6.96. The van der Waals surface area contributed by atoms with Crippen LogP contribution in [-0.4, -0.2) is 19.1 Å². The van der Waals surface area contributed by atoms with Crippen LogP contribution in [-0.2, 0) is 6.42 Å². The number of benzene rings is 1. The lowest BCUT2D eigenvalue weighted by Crippen LogP contribution is -2.33. The van der Waals surface area contributed by atoms with Crippen molar-refractivity contribution in [2.45, 2.75) is 31.8 Å². The molecule has 0 aromatic heterocycles. The summed E-state index contributed by atoms with van der Waals surface area (Å²) in [5.74, 6) is 0. The van der Waals surface area contributed by atoms with Gasteiger partial charge in [0.2, 0.25) is 0 Å². The van der Waals surface area contributed by atoms with Gasteiger partial charge in [-0.05, 0) is 44.5 Å². The molecule has 2 unspecified atom stereocenters. The first kappa shape index (κ1) is 13.8. The normalized spacial score (nSPS) is 14.8. The number of rotatable bonds is 5. The molecule has 3 N–H and O–H groups in total. The van der Waals surface area contributed by atoms with Crippen LogP contribution in [0.4, 0.5) is 0 Å². The Balaban J connectivity index is 2.66. The summed E-state index contributed by atoms with van der Waals surface area (Å²) in [6, 6.07) is 6.31. The Morgan fingerprint density at radius 3 is 2.50 bits per heavy atom. The van der Waals surface area contributed by atoms with E-state index >= 15 is 0 Å². The first-order chi connectivity index (χ1) is 7.52. The molecule has 90 valence electrons. The Labute approximate surface area is 107 Å². The number of hydrogen-bond acceptors (Lipinski definition) is 2. The minimum Gasteiger partial charge on any atom is -0.328 e. The van der Waals surface area contributed by atoms with Crippen molar-refractivity contribution in [3.05, 3.63) is 33.8 Å². The SMILES string of the molecule is CNC(Cc1ccc(Cl)c(Cl)c1)CC(C)N. The van der Waals surface area contributed by atoms with E-state index < -0.39 is 0 Å². The molecule has 1 rings (SSSR count). The quantitative estimate of drug-likeness (QED) is 0.855. The van der Waals surface area contributed by atoms with Crippen LogP contribution >= 0.6 is 23.2 Å². The number of hydrogen-bond donors (Lipinski definition) is 2. The predicted octanol–water partition coefficient (Wildman–Crippen LogP) is 2.86. The highest BCUT2D eigenvalue weighted by atomic mass is 35.5. The zero-order valence-corrected chi connectivity index (χ0v) is 11.1. The molecule has 2 nitrogen and oxygen atoms in total. The third-order valence-electron chi connectivity index (χ3n) is 2.53. The zero-order valence-electron chi connectivity index (χ0n) is 9.63. The van der Waals surface area contributed by atoms with Crippen molar-refractivity contribution in [2.75, 3.05) is 7.05 Å². The summed E-state index contributed by atoms with van der Waals surface area (Å²) >= 11 is 11.8. The fraction of sp³-hybridized carbons (Fsp3) is 0.500.